The van der Waals surface area contributed by atoms with Gasteiger partial charge in [0.15, 0.2) is 12.3 Å². The normalized spacial score (nSPS) is 14.6. The average Bonchev–Trinajstić information content (AvgIpc) is 3.15. The molecule has 0 atom stereocenters. The number of benzene rings is 1. The predicted octanol–water partition coefficient (Wildman–Crippen LogP) is 1.92. The summed E-state index contributed by atoms with van der Waals surface area (Å²) in [6.07, 6.45) is 5.99. The summed E-state index contributed by atoms with van der Waals surface area (Å²) in [4.78, 5) is 35.7. The summed E-state index contributed by atoms with van der Waals surface area (Å²) in [5.41, 5.74) is 1.05. The van der Waals surface area contributed by atoms with Crippen LogP contribution >= 0.6 is 0 Å². The molecule has 1 heterocycles. The van der Waals surface area contributed by atoms with Gasteiger partial charge in [0.25, 0.3) is 11.8 Å². The Labute approximate surface area is 163 Å². The summed E-state index contributed by atoms with van der Waals surface area (Å²) in [5.74, 6) is -0.650. The third-order valence-corrected chi connectivity index (χ3v) is 4.98. The van der Waals surface area contributed by atoms with E-state index in [4.69, 9.17) is 4.74 Å². The molecule has 3 rings (SSSR count). The summed E-state index contributed by atoms with van der Waals surface area (Å²) in [6.45, 7) is 0.468. The molecule has 0 unspecified atom stereocenters. The van der Waals surface area contributed by atoms with Gasteiger partial charge < -0.3 is 15.4 Å². The molecule has 1 saturated carbocycles. The molecule has 150 valence electrons. The Balaban J connectivity index is 1.32. The molecule has 2 aromatic rings. The minimum absolute atomic E-state index is 0.00992. The van der Waals surface area contributed by atoms with Gasteiger partial charge in [-0.1, -0.05) is 37.5 Å². The van der Waals surface area contributed by atoms with E-state index in [9.17, 15) is 14.4 Å². The monoisotopic (exact) mass is 386 g/mol. The summed E-state index contributed by atoms with van der Waals surface area (Å²) in [7, 11) is 0. The first-order valence-electron chi connectivity index (χ1n) is 9.77. The SMILES string of the molecule is O=C(COC(=O)CCNC(=O)c1n[nH]c2ccccc12)NCC1CCCCC1. The van der Waals surface area contributed by atoms with Gasteiger partial charge in [0.2, 0.25) is 0 Å². The van der Waals surface area contributed by atoms with E-state index in [1.165, 1.54) is 19.3 Å². The molecule has 8 nitrogen and oxygen atoms in total. The zero-order valence-corrected chi connectivity index (χ0v) is 15.8. The van der Waals surface area contributed by atoms with Crippen LogP contribution in [0.2, 0.25) is 0 Å². The molecule has 0 bridgehead atoms. The lowest BCUT2D eigenvalue weighted by Gasteiger charge is -2.21. The van der Waals surface area contributed by atoms with Crippen molar-refractivity contribution in [2.45, 2.75) is 38.5 Å². The molecule has 1 aromatic carbocycles. The fourth-order valence-electron chi connectivity index (χ4n) is 3.42. The van der Waals surface area contributed by atoms with Crippen molar-refractivity contribution < 1.29 is 19.1 Å². The van der Waals surface area contributed by atoms with Crippen molar-refractivity contribution in [3.63, 3.8) is 0 Å². The third-order valence-electron chi connectivity index (χ3n) is 4.98. The van der Waals surface area contributed by atoms with Gasteiger partial charge in [0, 0.05) is 18.5 Å². The second kappa shape index (κ2) is 9.87. The summed E-state index contributed by atoms with van der Waals surface area (Å²) >= 11 is 0. The number of carbonyl (C=O) groups excluding carboxylic acids is 3. The molecule has 0 spiro atoms. The number of H-pyrrole nitrogens is 1. The maximum absolute atomic E-state index is 12.2. The van der Waals surface area contributed by atoms with E-state index in [1.807, 2.05) is 18.2 Å². The van der Waals surface area contributed by atoms with E-state index in [-0.39, 0.29) is 37.1 Å². The standard InChI is InChI=1S/C20H26N4O4/c25-17(22-12-14-6-2-1-3-7-14)13-28-18(26)10-11-21-20(27)19-15-8-4-5-9-16(15)23-24-19/h4-5,8-9,14H,1-3,6-7,10-13H2,(H,21,27)(H,22,25)(H,23,24). The van der Waals surface area contributed by atoms with Gasteiger partial charge in [-0.3, -0.25) is 19.5 Å². The zero-order chi connectivity index (χ0) is 19.8. The minimum atomic E-state index is -0.528. The number of aromatic amines is 1. The number of aromatic nitrogens is 2. The fourth-order valence-corrected chi connectivity index (χ4v) is 3.42. The van der Waals surface area contributed by atoms with Gasteiger partial charge in [-0.25, -0.2) is 0 Å². The first kappa shape index (κ1) is 19.9. The van der Waals surface area contributed by atoms with Gasteiger partial charge in [-0.05, 0) is 24.8 Å². The van der Waals surface area contributed by atoms with Crippen LogP contribution in [-0.2, 0) is 14.3 Å². The number of rotatable bonds is 8. The highest BCUT2D eigenvalue weighted by Crippen LogP contribution is 2.22. The maximum atomic E-state index is 12.2. The highest BCUT2D eigenvalue weighted by atomic mass is 16.5. The maximum Gasteiger partial charge on any atom is 0.308 e. The van der Waals surface area contributed by atoms with Crippen LogP contribution in [0, 0.1) is 5.92 Å². The molecule has 1 aliphatic carbocycles. The lowest BCUT2D eigenvalue weighted by atomic mass is 9.89. The van der Waals surface area contributed by atoms with Crippen LogP contribution in [0.15, 0.2) is 24.3 Å². The number of hydrogen-bond acceptors (Lipinski definition) is 5. The van der Waals surface area contributed by atoms with E-state index in [0.29, 0.717) is 12.5 Å². The van der Waals surface area contributed by atoms with Crippen LogP contribution in [0.3, 0.4) is 0 Å². The summed E-state index contributed by atoms with van der Waals surface area (Å²) in [6, 6.07) is 7.30. The number of nitrogens with zero attached hydrogens (tertiary/aromatic N) is 1. The van der Waals surface area contributed by atoms with Crippen LogP contribution in [0.25, 0.3) is 10.9 Å². The largest absolute Gasteiger partial charge is 0.456 e. The van der Waals surface area contributed by atoms with Gasteiger partial charge in [0.1, 0.15) is 0 Å². The Bertz CT molecular complexity index is 826. The molecular formula is C20H26N4O4. The number of hydrogen-bond donors (Lipinski definition) is 3. The molecule has 28 heavy (non-hydrogen) atoms. The summed E-state index contributed by atoms with van der Waals surface area (Å²) < 4.78 is 4.96. The molecule has 0 aliphatic heterocycles. The van der Waals surface area contributed by atoms with Crippen molar-refractivity contribution in [1.82, 2.24) is 20.8 Å². The van der Waals surface area contributed by atoms with Crippen LogP contribution in [0.5, 0.6) is 0 Å². The number of amides is 2. The smallest absolute Gasteiger partial charge is 0.308 e. The number of nitrogens with one attached hydrogen (secondary N) is 3. The fraction of sp³-hybridized carbons (Fsp3) is 0.500. The van der Waals surface area contributed by atoms with Gasteiger partial charge in [-0.15, -0.1) is 0 Å². The Morgan fingerprint density at radius 3 is 2.71 bits per heavy atom. The lowest BCUT2D eigenvalue weighted by Crippen LogP contribution is -2.34. The Morgan fingerprint density at radius 1 is 1.11 bits per heavy atom. The molecule has 1 aromatic heterocycles. The summed E-state index contributed by atoms with van der Waals surface area (Å²) in [5, 5.41) is 13.0. The number of para-hydroxylation sites is 1. The molecule has 0 radical (unpaired) electrons. The number of ether oxygens (including phenoxy) is 1. The highest BCUT2D eigenvalue weighted by molar-refractivity contribution is 6.04. The molecule has 1 fully saturated rings. The van der Waals surface area contributed by atoms with Crippen molar-refractivity contribution in [2.24, 2.45) is 5.92 Å². The van der Waals surface area contributed by atoms with Crippen molar-refractivity contribution >= 4 is 28.7 Å². The van der Waals surface area contributed by atoms with Crippen molar-refractivity contribution in [3.05, 3.63) is 30.0 Å². The second-order valence-corrected chi connectivity index (χ2v) is 7.09. The van der Waals surface area contributed by atoms with Crippen molar-refractivity contribution in [3.8, 4) is 0 Å². The van der Waals surface area contributed by atoms with Gasteiger partial charge >= 0.3 is 5.97 Å². The molecule has 8 heteroatoms. The Kier molecular flexibility index (Phi) is 7.00. The predicted molar refractivity (Wildman–Crippen MR) is 104 cm³/mol. The molecule has 1 aliphatic rings. The lowest BCUT2D eigenvalue weighted by molar-refractivity contribution is -0.148. The van der Waals surface area contributed by atoms with Crippen LogP contribution in [0.4, 0.5) is 0 Å². The average molecular weight is 386 g/mol. The number of fused-ring (bicyclic) bond motifs is 1. The van der Waals surface area contributed by atoms with Crippen LogP contribution in [-0.4, -0.2) is 47.7 Å². The first-order valence-corrected chi connectivity index (χ1v) is 9.77. The topological polar surface area (TPSA) is 113 Å². The van der Waals surface area contributed by atoms with Crippen molar-refractivity contribution in [1.29, 1.82) is 0 Å². The highest BCUT2D eigenvalue weighted by Gasteiger charge is 2.16. The second-order valence-electron chi connectivity index (χ2n) is 7.09. The Hall–Kier alpha value is -2.90. The van der Waals surface area contributed by atoms with Crippen LogP contribution < -0.4 is 10.6 Å². The van der Waals surface area contributed by atoms with E-state index < -0.39 is 5.97 Å². The Morgan fingerprint density at radius 2 is 1.89 bits per heavy atom. The number of esters is 1. The molecule has 3 N–H and O–H groups in total. The third kappa shape index (κ3) is 5.55. The first-order chi connectivity index (χ1) is 13.6. The number of carbonyl (C=O) groups is 3. The zero-order valence-electron chi connectivity index (χ0n) is 15.8. The van der Waals surface area contributed by atoms with Gasteiger partial charge in [0.05, 0.1) is 11.9 Å². The van der Waals surface area contributed by atoms with Gasteiger partial charge in [-0.2, -0.15) is 5.10 Å². The van der Waals surface area contributed by atoms with Crippen molar-refractivity contribution in [2.75, 3.05) is 19.7 Å². The molecule has 2 amide bonds. The van der Waals surface area contributed by atoms with Crippen LogP contribution in [0.1, 0.15) is 49.0 Å². The molecule has 0 saturated heterocycles. The minimum Gasteiger partial charge on any atom is -0.456 e. The van der Waals surface area contributed by atoms with E-state index >= 15 is 0 Å². The quantitative estimate of drug-likeness (QED) is 0.600. The van der Waals surface area contributed by atoms with E-state index in [2.05, 4.69) is 20.8 Å². The van der Waals surface area contributed by atoms with E-state index in [0.717, 1.165) is 23.7 Å². The van der Waals surface area contributed by atoms with E-state index in [1.54, 1.807) is 6.07 Å². The molecular weight excluding hydrogens is 360 g/mol.